The molecular formula is C16H24N2O3. The van der Waals surface area contributed by atoms with Gasteiger partial charge in [0.15, 0.2) is 0 Å². The van der Waals surface area contributed by atoms with Gasteiger partial charge in [-0.25, -0.2) is 0 Å². The van der Waals surface area contributed by atoms with Gasteiger partial charge in [0.25, 0.3) is 0 Å². The van der Waals surface area contributed by atoms with E-state index in [0.717, 1.165) is 32.4 Å². The normalized spacial score (nSPS) is 22.5. The maximum atomic E-state index is 12.4. The lowest BCUT2D eigenvalue weighted by Gasteiger charge is -2.37. The average molecular weight is 292 g/mol. The molecule has 2 fully saturated rings. The maximum absolute atomic E-state index is 12.4. The summed E-state index contributed by atoms with van der Waals surface area (Å²) in [5.41, 5.74) is -0.828. The fourth-order valence-corrected chi connectivity index (χ4v) is 3.38. The Hall–Kier alpha value is -1.54. The molecule has 1 aliphatic heterocycles. The van der Waals surface area contributed by atoms with Crippen LogP contribution in [0.25, 0.3) is 0 Å². The van der Waals surface area contributed by atoms with E-state index in [-0.39, 0.29) is 12.3 Å². The number of aliphatic carboxylic acids is 1. The molecule has 0 spiro atoms. The first kappa shape index (κ1) is 15.8. The Balaban J connectivity index is 1.91. The fourth-order valence-electron chi connectivity index (χ4n) is 3.38. The summed E-state index contributed by atoms with van der Waals surface area (Å²) in [6.45, 7) is 3.46. The SMILES string of the molecule is C#CCN1CCN(C(=O)CC2(C(=O)O)CCCCC2)CC1. The van der Waals surface area contributed by atoms with Gasteiger partial charge >= 0.3 is 5.97 Å². The third kappa shape index (κ3) is 3.76. The van der Waals surface area contributed by atoms with Crippen LogP contribution in [0.1, 0.15) is 38.5 Å². The first-order chi connectivity index (χ1) is 10.1. The van der Waals surface area contributed by atoms with E-state index in [1.807, 2.05) is 0 Å². The van der Waals surface area contributed by atoms with Crippen molar-refractivity contribution < 1.29 is 14.7 Å². The van der Waals surface area contributed by atoms with Crippen LogP contribution < -0.4 is 0 Å². The number of piperazine rings is 1. The van der Waals surface area contributed by atoms with Crippen LogP contribution in [-0.4, -0.2) is 59.5 Å². The summed E-state index contributed by atoms with van der Waals surface area (Å²) < 4.78 is 0. The second-order valence-corrected chi connectivity index (χ2v) is 6.18. The summed E-state index contributed by atoms with van der Waals surface area (Å²) in [5.74, 6) is 1.79. The van der Waals surface area contributed by atoms with Gasteiger partial charge in [0.05, 0.1) is 12.0 Å². The molecule has 1 saturated heterocycles. The van der Waals surface area contributed by atoms with Crippen molar-refractivity contribution in [2.24, 2.45) is 5.41 Å². The van der Waals surface area contributed by atoms with Crippen LogP contribution in [0.3, 0.4) is 0 Å². The highest BCUT2D eigenvalue weighted by molar-refractivity contribution is 5.85. The largest absolute Gasteiger partial charge is 0.481 e. The Kier molecular flexibility index (Phi) is 5.24. The van der Waals surface area contributed by atoms with E-state index >= 15 is 0 Å². The number of carboxylic acid groups (broad SMARTS) is 1. The molecule has 2 aliphatic rings. The van der Waals surface area contributed by atoms with Gasteiger partial charge in [-0.3, -0.25) is 14.5 Å². The predicted octanol–water partition coefficient (Wildman–Crippen LogP) is 1.19. The van der Waals surface area contributed by atoms with Crippen LogP contribution in [0.2, 0.25) is 0 Å². The molecule has 1 amide bonds. The van der Waals surface area contributed by atoms with Crippen molar-refractivity contribution in [2.45, 2.75) is 38.5 Å². The van der Waals surface area contributed by atoms with Crippen LogP contribution >= 0.6 is 0 Å². The summed E-state index contributed by atoms with van der Waals surface area (Å²) in [6.07, 6.45) is 9.60. The van der Waals surface area contributed by atoms with E-state index < -0.39 is 11.4 Å². The van der Waals surface area contributed by atoms with Gasteiger partial charge in [-0.15, -0.1) is 6.42 Å². The number of carboxylic acids is 1. The number of nitrogens with zero attached hydrogens (tertiary/aromatic N) is 2. The molecule has 116 valence electrons. The average Bonchev–Trinajstić information content (AvgIpc) is 2.49. The number of hydrogen-bond acceptors (Lipinski definition) is 3. The van der Waals surface area contributed by atoms with Gasteiger partial charge in [-0.1, -0.05) is 25.2 Å². The molecule has 1 saturated carbocycles. The van der Waals surface area contributed by atoms with Gasteiger partial charge in [0.1, 0.15) is 0 Å². The number of amides is 1. The molecule has 0 aromatic carbocycles. The summed E-state index contributed by atoms with van der Waals surface area (Å²) in [7, 11) is 0. The second kappa shape index (κ2) is 6.95. The van der Waals surface area contributed by atoms with Gasteiger partial charge in [0.2, 0.25) is 5.91 Å². The van der Waals surface area contributed by atoms with Crippen molar-refractivity contribution in [2.75, 3.05) is 32.7 Å². The van der Waals surface area contributed by atoms with Crippen molar-refractivity contribution in [1.29, 1.82) is 0 Å². The Morgan fingerprint density at radius 1 is 1.10 bits per heavy atom. The van der Waals surface area contributed by atoms with Gasteiger partial charge in [-0.2, -0.15) is 0 Å². The Bertz CT molecular complexity index is 427. The molecule has 5 heteroatoms. The molecule has 0 bridgehead atoms. The molecule has 1 heterocycles. The van der Waals surface area contributed by atoms with Crippen molar-refractivity contribution in [3.8, 4) is 12.3 Å². The minimum Gasteiger partial charge on any atom is -0.481 e. The van der Waals surface area contributed by atoms with Gasteiger partial charge < -0.3 is 10.0 Å². The highest BCUT2D eigenvalue weighted by Gasteiger charge is 2.42. The molecule has 0 atom stereocenters. The fraction of sp³-hybridized carbons (Fsp3) is 0.750. The zero-order valence-electron chi connectivity index (χ0n) is 12.5. The highest BCUT2D eigenvalue weighted by Crippen LogP contribution is 2.40. The molecule has 21 heavy (non-hydrogen) atoms. The zero-order valence-corrected chi connectivity index (χ0v) is 12.5. The lowest BCUT2D eigenvalue weighted by atomic mass is 9.71. The quantitative estimate of drug-likeness (QED) is 0.791. The Morgan fingerprint density at radius 2 is 1.71 bits per heavy atom. The van der Waals surface area contributed by atoms with E-state index in [0.29, 0.717) is 32.5 Å². The van der Waals surface area contributed by atoms with Crippen molar-refractivity contribution in [3.63, 3.8) is 0 Å². The van der Waals surface area contributed by atoms with E-state index in [9.17, 15) is 14.7 Å². The van der Waals surface area contributed by atoms with Crippen molar-refractivity contribution in [3.05, 3.63) is 0 Å². The summed E-state index contributed by atoms with van der Waals surface area (Å²) >= 11 is 0. The molecule has 0 aromatic rings. The highest BCUT2D eigenvalue weighted by atomic mass is 16.4. The van der Waals surface area contributed by atoms with Gasteiger partial charge in [0, 0.05) is 32.6 Å². The minimum atomic E-state index is -0.828. The number of carbonyl (C=O) groups excluding carboxylic acids is 1. The summed E-state index contributed by atoms with van der Waals surface area (Å²) in [4.78, 5) is 28.0. The number of terminal acetylenes is 1. The first-order valence-corrected chi connectivity index (χ1v) is 7.74. The Labute approximate surface area is 126 Å². The lowest BCUT2D eigenvalue weighted by molar-refractivity contribution is -0.156. The first-order valence-electron chi connectivity index (χ1n) is 7.74. The molecule has 1 aliphatic carbocycles. The molecule has 0 unspecified atom stereocenters. The van der Waals surface area contributed by atoms with E-state index in [4.69, 9.17) is 6.42 Å². The predicted molar refractivity (Wildman–Crippen MR) is 79.6 cm³/mol. The zero-order chi connectivity index (χ0) is 15.3. The number of rotatable bonds is 4. The van der Waals surface area contributed by atoms with Crippen LogP contribution in [0.4, 0.5) is 0 Å². The van der Waals surface area contributed by atoms with E-state index in [1.54, 1.807) is 4.90 Å². The Morgan fingerprint density at radius 3 is 2.24 bits per heavy atom. The maximum Gasteiger partial charge on any atom is 0.310 e. The van der Waals surface area contributed by atoms with Crippen molar-refractivity contribution >= 4 is 11.9 Å². The van der Waals surface area contributed by atoms with Crippen LogP contribution in [0.15, 0.2) is 0 Å². The molecule has 0 aromatic heterocycles. The topological polar surface area (TPSA) is 60.9 Å². The molecular weight excluding hydrogens is 268 g/mol. The van der Waals surface area contributed by atoms with Crippen LogP contribution in [0, 0.1) is 17.8 Å². The molecule has 0 radical (unpaired) electrons. The van der Waals surface area contributed by atoms with E-state index in [2.05, 4.69) is 10.8 Å². The molecule has 1 N–H and O–H groups in total. The smallest absolute Gasteiger partial charge is 0.310 e. The van der Waals surface area contributed by atoms with E-state index in [1.165, 1.54) is 0 Å². The summed E-state index contributed by atoms with van der Waals surface area (Å²) in [6, 6.07) is 0. The number of carbonyl (C=O) groups is 2. The minimum absolute atomic E-state index is 0.0142. The van der Waals surface area contributed by atoms with Crippen LogP contribution in [0.5, 0.6) is 0 Å². The third-order valence-electron chi connectivity index (χ3n) is 4.79. The number of hydrogen-bond donors (Lipinski definition) is 1. The third-order valence-corrected chi connectivity index (χ3v) is 4.79. The molecule has 2 rings (SSSR count). The lowest BCUT2D eigenvalue weighted by Crippen LogP contribution is -2.50. The van der Waals surface area contributed by atoms with Crippen LogP contribution in [-0.2, 0) is 9.59 Å². The standard InChI is InChI=1S/C16H24N2O3/c1-2-8-17-9-11-18(12-10-17)14(19)13-16(15(20)21)6-4-3-5-7-16/h1H,3-13H2,(H,20,21). The van der Waals surface area contributed by atoms with Gasteiger partial charge in [-0.05, 0) is 12.8 Å². The monoisotopic (exact) mass is 292 g/mol. The molecule has 5 nitrogen and oxygen atoms in total. The van der Waals surface area contributed by atoms with Crippen molar-refractivity contribution in [1.82, 2.24) is 9.80 Å². The second-order valence-electron chi connectivity index (χ2n) is 6.18. The summed E-state index contributed by atoms with van der Waals surface area (Å²) in [5, 5.41) is 9.55.